The molecule has 0 N–H and O–H groups in total. The number of halogens is 7. The van der Waals surface area contributed by atoms with Crippen LogP contribution in [0.2, 0.25) is 5.02 Å². The fourth-order valence-corrected chi connectivity index (χ4v) is 7.19. The Morgan fingerprint density at radius 3 is 2.24 bits per heavy atom. The molecule has 1 unspecified atom stereocenters. The molecule has 0 amide bonds. The van der Waals surface area contributed by atoms with Crippen LogP contribution in [-0.2, 0) is 31.7 Å². The van der Waals surface area contributed by atoms with E-state index in [0.717, 1.165) is 62.3 Å². The minimum atomic E-state index is -4.52. The molecule has 0 spiro atoms. The van der Waals surface area contributed by atoms with Gasteiger partial charge in [0.2, 0.25) is 0 Å². The quantitative estimate of drug-likeness (QED) is 0.291. The maximum absolute atomic E-state index is 14.3. The second-order valence-corrected chi connectivity index (χ2v) is 11.9. The Morgan fingerprint density at radius 2 is 1.56 bits per heavy atom. The summed E-state index contributed by atoms with van der Waals surface area (Å²) in [6.07, 6.45) is -4.53. The van der Waals surface area contributed by atoms with E-state index in [-0.39, 0.29) is 16.6 Å². The van der Waals surface area contributed by atoms with E-state index in [9.17, 15) is 26.3 Å². The second kappa shape index (κ2) is 11.0. The Labute approximate surface area is 240 Å². The summed E-state index contributed by atoms with van der Waals surface area (Å²) < 4.78 is 84.3. The number of hydrogen-bond acceptors (Lipinski definition) is 3. The van der Waals surface area contributed by atoms with Gasteiger partial charge >= 0.3 is 12.4 Å². The first-order chi connectivity index (χ1) is 19.5. The minimum absolute atomic E-state index is 0.0844. The van der Waals surface area contributed by atoms with Crippen LogP contribution in [0.25, 0.3) is 10.9 Å². The van der Waals surface area contributed by atoms with E-state index < -0.39 is 23.5 Å². The number of anilines is 1. The Balaban J connectivity index is 1.24. The first-order valence-electron chi connectivity index (χ1n) is 14.3. The van der Waals surface area contributed by atoms with Crippen molar-refractivity contribution in [1.29, 1.82) is 0 Å². The first kappa shape index (κ1) is 28.7. The number of rotatable bonds is 5. The molecule has 3 heterocycles. The second-order valence-electron chi connectivity index (χ2n) is 11.4. The fraction of sp³-hybridized carbons (Fsp3) is 0.533. The van der Waals surface area contributed by atoms with Gasteiger partial charge in [-0.15, -0.1) is 0 Å². The van der Waals surface area contributed by atoms with Crippen LogP contribution in [0.3, 0.4) is 0 Å². The molecule has 2 fully saturated rings. The summed E-state index contributed by atoms with van der Waals surface area (Å²) in [6, 6.07) is 8.30. The van der Waals surface area contributed by atoms with Crippen molar-refractivity contribution in [3.63, 3.8) is 0 Å². The summed E-state index contributed by atoms with van der Waals surface area (Å²) in [4.78, 5) is 6.63. The lowest BCUT2D eigenvalue weighted by Gasteiger charge is -2.41. The number of fused-ring (bicyclic) bond motifs is 3. The van der Waals surface area contributed by atoms with Gasteiger partial charge in [-0.3, -0.25) is 4.90 Å². The summed E-state index contributed by atoms with van der Waals surface area (Å²) in [6.45, 7) is 5.73. The smallest absolute Gasteiger partial charge is 0.369 e. The van der Waals surface area contributed by atoms with Crippen molar-refractivity contribution < 1.29 is 26.3 Å². The molecule has 3 aromatic rings. The average Bonchev–Trinajstić information content (AvgIpc) is 3.56. The molecule has 6 rings (SSSR count). The molecule has 222 valence electrons. The topological polar surface area (TPSA) is 14.7 Å². The van der Waals surface area contributed by atoms with E-state index in [0.29, 0.717) is 56.6 Å². The van der Waals surface area contributed by atoms with Crippen LogP contribution in [-0.4, -0.2) is 66.2 Å². The Bertz CT molecular complexity index is 1400. The zero-order valence-corrected chi connectivity index (χ0v) is 23.4. The van der Waals surface area contributed by atoms with Crippen molar-refractivity contribution in [3.8, 4) is 0 Å². The SMILES string of the molecule is FC(F)(F)c1cccc(N2CCN(C3CCc4c(c5cc(Cl)cc(C(F)(F)F)c5n4CCN4CCCC4)C3)CC2)c1. The van der Waals surface area contributed by atoms with Crippen LogP contribution >= 0.6 is 11.6 Å². The molecule has 41 heavy (non-hydrogen) atoms. The van der Waals surface area contributed by atoms with Crippen LogP contribution in [0.15, 0.2) is 36.4 Å². The van der Waals surface area contributed by atoms with Gasteiger partial charge in [0.05, 0.1) is 16.6 Å². The third-order valence-corrected chi connectivity index (χ3v) is 9.23. The van der Waals surface area contributed by atoms with Crippen LogP contribution in [0.4, 0.5) is 32.0 Å². The highest BCUT2D eigenvalue weighted by Gasteiger charge is 2.38. The number of alkyl halides is 6. The zero-order chi connectivity index (χ0) is 28.9. The molecule has 1 atom stereocenters. The van der Waals surface area contributed by atoms with E-state index >= 15 is 0 Å². The van der Waals surface area contributed by atoms with Crippen molar-refractivity contribution >= 4 is 28.2 Å². The molecule has 3 aliphatic rings. The third-order valence-electron chi connectivity index (χ3n) is 9.01. The maximum Gasteiger partial charge on any atom is 0.418 e. The van der Waals surface area contributed by atoms with Gasteiger partial charge in [-0.1, -0.05) is 17.7 Å². The van der Waals surface area contributed by atoms with E-state index in [1.165, 1.54) is 12.1 Å². The highest BCUT2D eigenvalue weighted by atomic mass is 35.5. The molecule has 2 aromatic carbocycles. The molecule has 11 heteroatoms. The van der Waals surface area contributed by atoms with Gasteiger partial charge in [-0.05, 0) is 81.1 Å². The predicted octanol–water partition coefficient (Wildman–Crippen LogP) is 7.11. The van der Waals surface area contributed by atoms with Gasteiger partial charge in [0, 0.05) is 67.1 Å². The Kier molecular flexibility index (Phi) is 7.70. The molecular formula is C30H33ClF6N4. The molecule has 2 saturated heterocycles. The molecule has 0 radical (unpaired) electrons. The van der Waals surface area contributed by atoms with E-state index in [1.54, 1.807) is 12.1 Å². The number of likely N-dealkylation sites (tertiary alicyclic amines) is 1. The average molecular weight is 599 g/mol. The van der Waals surface area contributed by atoms with Crippen molar-refractivity contribution in [2.45, 2.75) is 57.0 Å². The van der Waals surface area contributed by atoms with Gasteiger partial charge in [-0.25, -0.2) is 0 Å². The van der Waals surface area contributed by atoms with Crippen LogP contribution < -0.4 is 4.90 Å². The highest BCUT2D eigenvalue weighted by molar-refractivity contribution is 6.31. The summed E-state index contributed by atoms with van der Waals surface area (Å²) >= 11 is 6.26. The molecular weight excluding hydrogens is 566 g/mol. The number of aromatic nitrogens is 1. The molecule has 2 aliphatic heterocycles. The molecule has 0 saturated carbocycles. The third kappa shape index (κ3) is 5.79. The van der Waals surface area contributed by atoms with Gasteiger partial charge in [-0.2, -0.15) is 26.3 Å². The van der Waals surface area contributed by atoms with Gasteiger partial charge in [0.1, 0.15) is 0 Å². The predicted molar refractivity (Wildman–Crippen MR) is 149 cm³/mol. The van der Waals surface area contributed by atoms with E-state index in [2.05, 4.69) is 9.80 Å². The summed E-state index contributed by atoms with van der Waals surface area (Å²) in [5, 5.41) is 0.676. The highest BCUT2D eigenvalue weighted by Crippen LogP contribution is 2.43. The van der Waals surface area contributed by atoms with Crippen LogP contribution in [0.5, 0.6) is 0 Å². The van der Waals surface area contributed by atoms with Gasteiger partial charge < -0.3 is 14.4 Å². The first-order valence-corrected chi connectivity index (χ1v) is 14.7. The van der Waals surface area contributed by atoms with Crippen LogP contribution in [0.1, 0.15) is 41.6 Å². The number of hydrogen-bond donors (Lipinski definition) is 0. The van der Waals surface area contributed by atoms with Crippen molar-refractivity contribution in [2.24, 2.45) is 0 Å². The molecule has 1 aromatic heterocycles. The molecule has 0 bridgehead atoms. The summed E-state index contributed by atoms with van der Waals surface area (Å²) in [7, 11) is 0. The van der Waals surface area contributed by atoms with E-state index in [4.69, 9.17) is 11.6 Å². The maximum atomic E-state index is 14.3. The number of benzene rings is 2. The Hall–Kier alpha value is -2.43. The summed E-state index contributed by atoms with van der Waals surface area (Å²) in [5.74, 6) is 0. The largest absolute Gasteiger partial charge is 0.418 e. The summed E-state index contributed by atoms with van der Waals surface area (Å²) in [5.41, 5.74) is 1.39. The van der Waals surface area contributed by atoms with Crippen LogP contribution in [0, 0.1) is 0 Å². The minimum Gasteiger partial charge on any atom is -0.369 e. The van der Waals surface area contributed by atoms with Crippen molar-refractivity contribution in [3.05, 3.63) is 63.8 Å². The normalized spacial score (nSPS) is 21.1. The monoisotopic (exact) mass is 598 g/mol. The van der Waals surface area contributed by atoms with Gasteiger partial charge in [0.25, 0.3) is 0 Å². The van der Waals surface area contributed by atoms with Crippen molar-refractivity contribution in [2.75, 3.05) is 50.7 Å². The lowest BCUT2D eigenvalue weighted by molar-refractivity contribution is -0.138. The van der Waals surface area contributed by atoms with E-state index in [1.807, 2.05) is 9.47 Å². The number of nitrogens with zero attached hydrogens (tertiary/aromatic N) is 4. The zero-order valence-electron chi connectivity index (χ0n) is 22.7. The van der Waals surface area contributed by atoms with Crippen molar-refractivity contribution in [1.82, 2.24) is 14.4 Å². The van der Waals surface area contributed by atoms with Gasteiger partial charge in [0.15, 0.2) is 0 Å². The number of piperazine rings is 1. The molecule has 4 nitrogen and oxygen atoms in total. The molecule has 1 aliphatic carbocycles. The lowest BCUT2D eigenvalue weighted by atomic mass is 9.89. The standard InChI is InChI=1S/C30H33ClF6N4/c31-21-17-25-24-19-23(40-13-11-39(12-14-40)22-5-3-4-20(16-22)29(32,33)34)6-7-27(24)41(15-10-38-8-1-2-9-38)28(25)26(18-21)30(35,36)37/h3-5,16-18,23H,1-2,6-15,19H2. The lowest BCUT2D eigenvalue weighted by Crippen LogP contribution is -2.51. The fourth-order valence-electron chi connectivity index (χ4n) is 6.97. The Morgan fingerprint density at radius 1 is 0.829 bits per heavy atom.